The summed E-state index contributed by atoms with van der Waals surface area (Å²) in [6.45, 7) is 1.26. The third-order valence-corrected chi connectivity index (χ3v) is 5.02. The highest BCUT2D eigenvalue weighted by atomic mass is 35.5. The van der Waals surface area contributed by atoms with Gasteiger partial charge in [0.05, 0.1) is 17.9 Å². The molecule has 0 aliphatic heterocycles. The minimum Gasteiger partial charge on any atom is -0.491 e. The third kappa shape index (κ3) is 8.21. The van der Waals surface area contributed by atoms with Gasteiger partial charge >= 0.3 is 12.1 Å². The van der Waals surface area contributed by atoms with Crippen molar-refractivity contribution >= 4 is 35.2 Å². The standard InChI is InChI=1S/C25H25ClN6O3/c1-32(17-18-6-3-2-4-7-18)25(34)28-12-5-13-35-22-10-9-20(26)14-21(22)30-24(33)31-23-11-8-19(15-27)16-29-23/h2-4,6-11,14,16H,5,12-13,17H2,1H3,(H,28,34)(H2,29,30,31,33). The molecular weight excluding hydrogens is 468 g/mol. The second kappa shape index (κ2) is 12.8. The Balaban J connectivity index is 1.45. The van der Waals surface area contributed by atoms with Gasteiger partial charge in [0.25, 0.3) is 0 Å². The number of hydrogen-bond acceptors (Lipinski definition) is 5. The highest BCUT2D eigenvalue weighted by Crippen LogP contribution is 2.28. The van der Waals surface area contributed by atoms with Crippen LogP contribution in [-0.4, -0.2) is 42.1 Å². The zero-order valence-electron chi connectivity index (χ0n) is 19.1. The van der Waals surface area contributed by atoms with Gasteiger partial charge in [0, 0.05) is 31.4 Å². The SMILES string of the molecule is CN(Cc1ccccc1)C(=O)NCCCOc1ccc(Cl)cc1NC(=O)Nc1ccc(C#N)cn1. The van der Waals surface area contributed by atoms with E-state index < -0.39 is 6.03 Å². The smallest absolute Gasteiger partial charge is 0.324 e. The van der Waals surface area contributed by atoms with Crippen molar-refractivity contribution in [3.63, 3.8) is 0 Å². The number of ether oxygens (including phenoxy) is 1. The maximum Gasteiger partial charge on any atom is 0.324 e. The molecule has 9 nitrogen and oxygen atoms in total. The van der Waals surface area contributed by atoms with Gasteiger partial charge in [-0.25, -0.2) is 14.6 Å². The lowest BCUT2D eigenvalue weighted by molar-refractivity contribution is 0.205. The molecule has 0 saturated heterocycles. The molecule has 0 aliphatic carbocycles. The number of urea groups is 2. The van der Waals surface area contributed by atoms with Crippen molar-refractivity contribution in [2.24, 2.45) is 0 Å². The van der Waals surface area contributed by atoms with E-state index in [1.165, 1.54) is 12.3 Å². The lowest BCUT2D eigenvalue weighted by Gasteiger charge is -2.18. The molecule has 0 unspecified atom stereocenters. The quantitative estimate of drug-likeness (QED) is 0.368. The molecule has 3 aromatic rings. The van der Waals surface area contributed by atoms with E-state index >= 15 is 0 Å². The molecule has 3 N–H and O–H groups in total. The fraction of sp³-hybridized carbons (Fsp3) is 0.200. The normalized spacial score (nSPS) is 10.1. The van der Waals surface area contributed by atoms with Gasteiger partial charge in [-0.1, -0.05) is 41.9 Å². The van der Waals surface area contributed by atoms with E-state index in [1.54, 1.807) is 36.2 Å². The Morgan fingerprint density at radius 1 is 1.11 bits per heavy atom. The Hall–Kier alpha value is -4.29. The van der Waals surface area contributed by atoms with Crippen LogP contribution >= 0.6 is 11.6 Å². The van der Waals surface area contributed by atoms with Crippen LogP contribution in [0.5, 0.6) is 5.75 Å². The van der Waals surface area contributed by atoms with Crippen LogP contribution in [0.2, 0.25) is 5.02 Å². The number of nitrogens with zero attached hydrogens (tertiary/aromatic N) is 3. The van der Waals surface area contributed by atoms with Gasteiger partial charge < -0.3 is 20.3 Å². The minimum absolute atomic E-state index is 0.171. The summed E-state index contributed by atoms with van der Waals surface area (Å²) in [5, 5.41) is 17.4. The second-order valence-electron chi connectivity index (χ2n) is 7.54. The second-order valence-corrected chi connectivity index (χ2v) is 7.98. The van der Waals surface area contributed by atoms with Crippen molar-refractivity contribution in [1.82, 2.24) is 15.2 Å². The average molecular weight is 493 g/mol. The number of amides is 4. The number of benzene rings is 2. The molecule has 0 saturated carbocycles. The van der Waals surface area contributed by atoms with Crippen LogP contribution in [0.25, 0.3) is 0 Å². The molecule has 0 atom stereocenters. The van der Waals surface area contributed by atoms with Crippen molar-refractivity contribution in [3.05, 3.63) is 83.0 Å². The molecule has 1 heterocycles. The van der Waals surface area contributed by atoms with Gasteiger partial charge in [-0.3, -0.25) is 5.32 Å². The monoisotopic (exact) mass is 492 g/mol. The molecule has 4 amide bonds. The van der Waals surface area contributed by atoms with Crippen LogP contribution in [0.1, 0.15) is 17.5 Å². The molecule has 3 rings (SSSR count). The van der Waals surface area contributed by atoms with E-state index in [9.17, 15) is 9.59 Å². The Kier molecular flexibility index (Phi) is 9.28. The van der Waals surface area contributed by atoms with Gasteiger partial charge in [-0.05, 0) is 42.3 Å². The Bertz CT molecular complexity index is 1180. The van der Waals surface area contributed by atoms with Crippen LogP contribution in [0, 0.1) is 11.3 Å². The summed E-state index contributed by atoms with van der Waals surface area (Å²) in [4.78, 5) is 30.2. The van der Waals surface area contributed by atoms with E-state index in [-0.39, 0.29) is 6.03 Å². The number of halogens is 1. The van der Waals surface area contributed by atoms with Crippen molar-refractivity contribution in [3.8, 4) is 11.8 Å². The van der Waals surface area contributed by atoms with Crippen molar-refractivity contribution in [2.45, 2.75) is 13.0 Å². The number of anilines is 2. The molecule has 0 aliphatic rings. The number of rotatable bonds is 9. The van der Waals surface area contributed by atoms with E-state index in [2.05, 4.69) is 20.9 Å². The molecular formula is C25H25ClN6O3. The largest absolute Gasteiger partial charge is 0.491 e. The first-order valence-corrected chi connectivity index (χ1v) is 11.2. The summed E-state index contributed by atoms with van der Waals surface area (Å²) in [6, 6.07) is 19.0. The molecule has 2 aromatic carbocycles. The van der Waals surface area contributed by atoms with Gasteiger partial charge in [-0.15, -0.1) is 0 Å². The van der Waals surface area contributed by atoms with Crippen LogP contribution in [-0.2, 0) is 6.54 Å². The Labute approximate surface area is 208 Å². The lowest BCUT2D eigenvalue weighted by Crippen LogP contribution is -2.37. The first-order valence-electron chi connectivity index (χ1n) is 10.8. The topological polar surface area (TPSA) is 119 Å². The van der Waals surface area contributed by atoms with Crippen molar-refractivity contribution in [1.29, 1.82) is 5.26 Å². The molecule has 35 heavy (non-hydrogen) atoms. The number of aromatic nitrogens is 1. The van der Waals surface area contributed by atoms with Crippen molar-refractivity contribution in [2.75, 3.05) is 30.8 Å². The lowest BCUT2D eigenvalue weighted by atomic mass is 10.2. The molecule has 1 aromatic heterocycles. The summed E-state index contributed by atoms with van der Waals surface area (Å²) < 4.78 is 5.79. The summed E-state index contributed by atoms with van der Waals surface area (Å²) in [7, 11) is 1.74. The number of nitriles is 1. The summed E-state index contributed by atoms with van der Waals surface area (Å²) in [5.74, 6) is 0.726. The molecule has 0 spiro atoms. The summed E-state index contributed by atoms with van der Waals surface area (Å²) in [6.07, 6.45) is 1.93. The summed E-state index contributed by atoms with van der Waals surface area (Å²) in [5.41, 5.74) is 1.83. The highest BCUT2D eigenvalue weighted by Gasteiger charge is 2.11. The first kappa shape index (κ1) is 25.3. The number of carbonyl (C=O) groups excluding carboxylic acids is 2. The summed E-state index contributed by atoms with van der Waals surface area (Å²) >= 11 is 6.08. The van der Waals surface area contributed by atoms with Crippen molar-refractivity contribution < 1.29 is 14.3 Å². The predicted molar refractivity (Wildman–Crippen MR) is 134 cm³/mol. The van der Waals surface area contributed by atoms with Crippen LogP contribution < -0.4 is 20.7 Å². The van der Waals surface area contributed by atoms with Gasteiger partial charge in [0.1, 0.15) is 17.6 Å². The van der Waals surface area contributed by atoms with E-state index in [4.69, 9.17) is 21.6 Å². The van der Waals surface area contributed by atoms with E-state index in [0.29, 0.717) is 54.0 Å². The van der Waals surface area contributed by atoms with Gasteiger partial charge in [0.2, 0.25) is 0 Å². The number of carbonyl (C=O) groups is 2. The van der Waals surface area contributed by atoms with E-state index in [0.717, 1.165) is 5.56 Å². The maximum absolute atomic E-state index is 12.4. The molecule has 0 bridgehead atoms. The van der Waals surface area contributed by atoms with Gasteiger partial charge in [-0.2, -0.15) is 5.26 Å². The molecule has 180 valence electrons. The van der Waals surface area contributed by atoms with E-state index in [1.807, 2.05) is 36.4 Å². The fourth-order valence-corrected chi connectivity index (χ4v) is 3.22. The predicted octanol–water partition coefficient (Wildman–Crippen LogP) is 4.86. The molecule has 0 radical (unpaired) electrons. The average Bonchev–Trinajstić information content (AvgIpc) is 2.86. The first-order chi connectivity index (χ1) is 16.9. The molecule has 10 heteroatoms. The Morgan fingerprint density at radius 3 is 2.63 bits per heavy atom. The number of pyridine rings is 1. The maximum atomic E-state index is 12.4. The number of nitrogens with one attached hydrogen (secondary N) is 3. The molecule has 0 fully saturated rings. The van der Waals surface area contributed by atoms with Gasteiger partial charge in [0.15, 0.2) is 0 Å². The van der Waals surface area contributed by atoms with Crippen LogP contribution in [0.15, 0.2) is 66.9 Å². The number of hydrogen-bond donors (Lipinski definition) is 3. The minimum atomic E-state index is -0.539. The van der Waals surface area contributed by atoms with Crippen LogP contribution in [0.3, 0.4) is 0 Å². The zero-order valence-corrected chi connectivity index (χ0v) is 19.9. The Morgan fingerprint density at radius 2 is 1.91 bits per heavy atom. The zero-order chi connectivity index (χ0) is 25.0. The third-order valence-electron chi connectivity index (χ3n) is 4.79. The van der Waals surface area contributed by atoms with Crippen LogP contribution in [0.4, 0.5) is 21.1 Å². The highest BCUT2D eigenvalue weighted by molar-refractivity contribution is 6.31. The fourth-order valence-electron chi connectivity index (χ4n) is 3.04.